The van der Waals surface area contributed by atoms with Gasteiger partial charge in [-0.2, -0.15) is 0 Å². The van der Waals surface area contributed by atoms with Crippen LogP contribution >= 0.6 is 22.9 Å². The molecular weight excluding hydrogens is 396 g/mol. The number of sulfonamides is 1. The molecule has 0 fully saturated rings. The maximum Gasteiger partial charge on any atom is 0.337 e. The van der Waals surface area contributed by atoms with Crippen LogP contribution < -0.4 is 4.72 Å². The van der Waals surface area contributed by atoms with Gasteiger partial charge in [0.2, 0.25) is 0 Å². The van der Waals surface area contributed by atoms with E-state index in [0.717, 1.165) is 5.56 Å². The summed E-state index contributed by atoms with van der Waals surface area (Å²) < 4.78 is 32.0. The molecule has 0 saturated carbocycles. The minimum atomic E-state index is -3.81. The number of nitrogens with one attached hydrogen (secondary N) is 1. The number of nitrogens with zero attached hydrogens (tertiary/aromatic N) is 1. The number of anilines is 1. The summed E-state index contributed by atoms with van der Waals surface area (Å²) in [7, 11) is -2.55. The van der Waals surface area contributed by atoms with E-state index in [1.54, 1.807) is 29.6 Å². The molecule has 0 amide bonds. The fourth-order valence-electron chi connectivity index (χ4n) is 2.14. The van der Waals surface area contributed by atoms with Gasteiger partial charge >= 0.3 is 5.97 Å². The Balaban J connectivity index is 1.79. The Kier molecular flexibility index (Phi) is 5.26. The molecule has 0 atom stereocenters. The van der Waals surface area contributed by atoms with E-state index in [1.165, 1.54) is 42.7 Å². The Morgan fingerprint density at radius 2 is 1.77 bits per heavy atom. The Hall–Kier alpha value is -2.42. The van der Waals surface area contributed by atoms with E-state index < -0.39 is 16.0 Å². The number of carbonyl (C=O) groups excluding carboxylic acids is 1. The minimum Gasteiger partial charge on any atom is -0.465 e. The van der Waals surface area contributed by atoms with E-state index in [-0.39, 0.29) is 15.6 Å². The number of thiazole rings is 1. The molecule has 26 heavy (non-hydrogen) atoms. The molecule has 3 aromatic rings. The number of ether oxygens (including phenoxy) is 1. The molecule has 0 aliphatic carbocycles. The topological polar surface area (TPSA) is 85.4 Å². The molecule has 6 nitrogen and oxygen atoms in total. The third-order valence-electron chi connectivity index (χ3n) is 3.45. The van der Waals surface area contributed by atoms with Gasteiger partial charge < -0.3 is 4.74 Å². The lowest BCUT2D eigenvalue weighted by atomic mass is 10.2. The fourth-order valence-corrected chi connectivity index (χ4v) is 4.23. The van der Waals surface area contributed by atoms with Gasteiger partial charge in [0.05, 0.1) is 23.3 Å². The molecule has 2 aromatic carbocycles. The van der Waals surface area contributed by atoms with Gasteiger partial charge in [-0.05, 0) is 36.4 Å². The zero-order chi connectivity index (χ0) is 18.7. The highest BCUT2D eigenvalue weighted by molar-refractivity contribution is 7.93. The van der Waals surface area contributed by atoms with Crippen LogP contribution in [0.25, 0.3) is 11.3 Å². The third-order valence-corrected chi connectivity index (χ3v) is 5.95. The normalized spacial score (nSPS) is 11.2. The summed E-state index contributed by atoms with van der Waals surface area (Å²) in [5, 5.41) is 2.61. The lowest BCUT2D eigenvalue weighted by Gasteiger charge is -2.06. The van der Waals surface area contributed by atoms with Crippen LogP contribution in [0.15, 0.2) is 58.8 Å². The molecule has 1 heterocycles. The van der Waals surface area contributed by atoms with Crippen molar-refractivity contribution in [2.75, 3.05) is 11.8 Å². The van der Waals surface area contributed by atoms with Crippen molar-refractivity contribution in [3.8, 4) is 11.3 Å². The summed E-state index contributed by atoms with van der Waals surface area (Å²) in [6.45, 7) is 0. The number of benzene rings is 2. The van der Waals surface area contributed by atoms with E-state index in [2.05, 4.69) is 14.4 Å². The lowest BCUT2D eigenvalue weighted by Crippen LogP contribution is -2.13. The second-order valence-corrected chi connectivity index (χ2v) is 8.14. The van der Waals surface area contributed by atoms with Gasteiger partial charge in [0, 0.05) is 16.0 Å². The summed E-state index contributed by atoms with van der Waals surface area (Å²) in [5.41, 5.74) is 1.75. The molecule has 0 bridgehead atoms. The van der Waals surface area contributed by atoms with Gasteiger partial charge in [0.15, 0.2) is 5.13 Å². The quantitative estimate of drug-likeness (QED) is 0.643. The molecule has 0 unspecified atom stereocenters. The molecule has 134 valence electrons. The first-order valence-corrected chi connectivity index (χ1v) is 10.1. The number of carbonyl (C=O) groups is 1. The van der Waals surface area contributed by atoms with Crippen molar-refractivity contribution in [1.29, 1.82) is 0 Å². The number of esters is 1. The molecule has 9 heteroatoms. The molecule has 0 aliphatic rings. The van der Waals surface area contributed by atoms with Crippen LogP contribution in [0.1, 0.15) is 10.4 Å². The van der Waals surface area contributed by atoms with E-state index in [9.17, 15) is 13.2 Å². The second-order valence-electron chi connectivity index (χ2n) is 5.17. The van der Waals surface area contributed by atoms with E-state index >= 15 is 0 Å². The molecule has 1 N–H and O–H groups in total. The SMILES string of the molecule is COC(=O)c1ccc(S(=O)(=O)Nc2nc(-c3ccc(Cl)cc3)cs2)cc1. The number of hydrogen-bond donors (Lipinski definition) is 1. The Morgan fingerprint density at radius 3 is 2.38 bits per heavy atom. The van der Waals surface area contributed by atoms with Crippen LogP contribution in [0, 0.1) is 0 Å². The minimum absolute atomic E-state index is 0.0217. The highest BCUT2D eigenvalue weighted by Gasteiger charge is 2.17. The van der Waals surface area contributed by atoms with Gasteiger partial charge in [0.1, 0.15) is 0 Å². The molecule has 0 aliphatic heterocycles. The van der Waals surface area contributed by atoms with Gasteiger partial charge in [-0.25, -0.2) is 18.2 Å². The monoisotopic (exact) mass is 408 g/mol. The summed E-state index contributed by atoms with van der Waals surface area (Å²) in [5.74, 6) is -0.533. The zero-order valence-corrected chi connectivity index (χ0v) is 15.9. The van der Waals surface area contributed by atoms with Gasteiger partial charge in [-0.3, -0.25) is 4.72 Å². The predicted molar refractivity (Wildman–Crippen MR) is 101 cm³/mol. The van der Waals surface area contributed by atoms with E-state index in [4.69, 9.17) is 11.6 Å². The van der Waals surface area contributed by atoms with Gasteiger partial charge in [-0.1, -0.05) is 23.7 Å². The molecular formula is C17H13ClN2O4S2. The molecule has 0 radical (unpaired) electrons. The number of rotatable bonds is 5. The Labute approximate surface area is 159 Å². The lowest BCUT2D eigenvalue weighted by molar-refractivity contribution is 0.0600. The maximum absolute atomic E-state index is 12.5. The van der Waals surface area contributed by atoms with Crippen molar-refractivity contribution < 1.29 is 17.9 Å². The Bertz CT molecular complexity index is 1030. The standard InChI is InChI=1S/C17H13ClN2O4S2/c1-24-16(21)12-4-8-14(9-5-12)26(22,23)20-17-19-15(10-25-17)11-2-6-13(18)7-3-11/h2-10H,1H3,(H,19,20). The van der Waals surface area contributed by atoms with Crippen LogP contribution in [-0.4, -0.2) is 26.5 Å². The number of hydrogen-bond acceptors (Lipinski definition) is 6. The van der Waals surface area contributed by atoms with Crippen molar-refractivity contribution in [3.63, 3.8) is 0 Å². The maximum atomic E-state index is 12.5. The van der Waals surface area contributed by atoms with Gasteiger partial charge in [0.25, 0.3) is 10.0 Å². The Morgan fingerprint density at radius 1 is 1.12 bits per heavy atom. The molecule has 1 aromatic heterocycles. The summed E-state index contributed by atoms with van der Waals surface area (Å²) in [4.78, 5) is 15.7. The first-order valence-electron chi connectivity index (χ1n) is 7.32. The molecule has 0 saturated heterocycles. The molecule has 3 rings (SSSR count). The highest BCUT2D eigenvalue weighted by Crippen LogP contribution is 2.27. The van der Waals surface area contributed by atoms with Crippen LogP contribution in [-0.2, 0) is 14.8 Å². The van der Waals surface area contributed by atoms with Crippen molar-refractivity contribution in [2.45, 2.75) is 4.90 Å². The third kappa shape index (κ3) is 4.04. The predicted octanol–water partition coefficient (Wildman–Crippen LogP) is 4.05. The first kappa shape index (κ1) is 18.4. The summed E-state index contributed by atoms with van der Waals surface area (Å²) >= 11 is 7.03. The smallest absolute Gasteiger partial charge is 0.337 e. The van der Waals surface area contributed by atoms with Crippen molar-refractivity contribution >= 4 is 44.1 Å². The van der Waals surface area contributed by atoms with Crippen molar-refractivity contribution in [2.24, 2.45) is 0 Å². The average molecular weight is 409 g/mol. The largest absolute Gasteiger partial charge is 0.465 e. The van der Waals surface area contributed by atoms with Crippen LogP contribution in [0.2, 0.25) is 5.02 Å². The second kappa shape index (κ2) is 7.45. The van der Waals surface area contributed by atoms with E-state index in [1.807, 2.05) is 0 Å². The number of aromatic nitrogens is 1. The van der Waals surface area contributed by atoms with Crippen molar-refractivity contribution in [3.05, 3.63) is 64.5 Å². The molecule has 0 spiro atoms. The van der Waals surface area contributed by atoms with Crippen LogP contribution in [0.5, 0.6) is 0 Å². The number of halogens is 1. The summed E-state index contributed by atoms with van der Waals surface area (Å²) in [6.07, 6.45) is 0. The van der Waals surface area contributed by atoms with E-state index in [0.29, 0.717) is 10.7 Å². The number of methoxy groups -OCH3 is 1. The highest BCUT2D eigenvalue weighted by atomic mass is 35.5. The zero-order valence-electron chi connectivity index (χ0n) is 13.5. The average Bonchev–Trinajstić information content (AvgIpc) is 3.09. The first-order chi connectivity index (χ1) is 12.4. The fraction of sp³-hybridized carbons (Fsp3) is 0.0588. The van der Waals surface area contributed by atoms with Crippen LogP contribution in [0.4, 0.5) is 5.13 Å². The van der Waals surface area contributed by atoms with Crippen molar-refractivity contribution in [1.82, 2.24) is 4.98 Å². The van der Waals surface area contributed by atoms with Gasteiger partial charge in [-0.15, -0.1) is 11.3 Å². The summed E-state index contributed by atoms with van der Waals surface area (Å²) in [6, 6.07) is 12.5. The van der Waals surface area contributed by atoms with Crippen LogP contribution in [0.3, 0.4) is 0 Å².